The lowest BCUT2D eigenvalue weighted by molar-refractivity contribution is -0.117. The molecular weight excluding hydrogens is 440 g/mol. The van der Waals surface area contributed by atoms with E-state index in [-0.39, 0.29) is 41.9 Å². The first-order valence-electron chi connectivity index (χ1n) is 9.72. The molecule has 0 radical (unpaired) electrons. The number of carbonyl (C=O) groups excluding carboxylic acids is 1. The van der Waals surface area contributed by atoms with E-state index in [1.165, 1.54) is 11.8 Å². The van der Waals surface area contributed by atoms with E-state index in [4.69, 9.17) is 14.2 Å². The summed E-state index contributed by atoms with van der Waals surface area (Å²) < 4.78 is 40.5. The molecule has 2 aromatic rings. The van der Waals surface area contributed by atoms with Crippen LogP contribution in [0.4, 0.5) is 5.69 Å². The standard InChI is InChI=1S/C21H20N2O6S2/c1-27-15-5-2-13(3-6-15)8-20(24)22-21-23(16-10-31(25,26)11-19(16)30-21)14-4-7-17-18(9-14)29-12-28-17/h2-7,9,16,19H,8,10-12H2,1H3. The van der Waals surface area contributed by atoms with Gasteiger partial charge < -0.3 is 19.1 Å². The summed E-state index contributed by atoms with van der Waals surface area (Å²) in [6.07, 6.45) is 0.149. The number of fused-ring (bicyclic) bond motifs is 2. The minimum atomic E-state index is -3.14. The van der Waals surface area contributed by atoms with E-state index in [9.17, 15) is 13.2 Å². The highest BCUT2D eigenvalue weighted by Crippen LogP contribution is 2.43. The molecular formula is C21H20N2O6S2. The lowest BCUT2D eigenvalue weighted by atomic mass is 10.1. The Bertz CT molecular complexity index is 1160. The van der Waals surface area contributed by atoms with Gasteiger partial charge in [0.25, 0.3) is 5.91 Å². The van der Waals surface area contributed by atoms with E-state index in [0.717, 1.165) is 17.0 Å². The summed E-state index contributed by atoms with van der Waals surface area (Å²) in [6.45, 7) is 0.148. The van der Waals surface area contributed by atoms with Crippen molar-refractivity contribution in [3.05, 3.63) is 48.0 Å². The van der Waals surface area contributed by atoms with Crippen molar-refractivity contribution in [1.82, 2.24) is 0 Å². The molecule has 3 heterocycles. The molecule has 0 N–H and O–H groups in total. The Labute approximate surface area is 184 Å². The van der Waals surface area contributed by atoms with Crippen LogP contribution in [0.2, 0.25) is 0 Å². The average molecular weight is 461 g/mol. The second-order valence-electron chi connectivity index (χ2n) is 7.52. The maximum absolute atomic E-state index is 12.7. The summed E-state index contributed by atoms with van der Waals surface area (Å²) in [5, 5.41) is 0.352. The van der Waals surface area contributed by atoms with Gasteiger partial charge in [0.05, 0.1) is 31.1 Å². The van der Waals surface area contributed by atoms with Crippen LogP contribution < -0.4 is 19.1 Å². The van der Waals surface area contributed by atoms with Gasteiger partial charge in [-0.3, -0.25) is 4.79 Å². The van der Waals surface area contributed by atoms with Crippen molar-refractivity contribution in [2.45, 2.75) is 17.7 Å². The number of benzene rings is 2. The predicted molar refractivity (Wildman–Crippen MR) is 118 cm³/mol. The van der Waals surface area contributed by atoms with Crippen molar-refractivity contribution in [3.8, 4) is 17.2 Å². The summed E-state index contributed by atoms with van der Waals surface area (Å²) in [7, 11) is -1.55. The van der Waals surface area contributed by atoms with Crippen LogP contribution in [-0.4, -0.2) is 56.2 Å². The van der Waals surface area contributed by atoms with Crippen molar-refractivity contribution in [3.63, 3.8) is 0 Å². The zero-order valence-electron chi connectivity index (χ0n) is 16.7. The molecule has 0 bridgehead atoms. The molecule has 0 saturated carbocycles. The van der Waals surface area contributed by atoms with E-state index in [1.54, 1.807) is 31.4 Å². The number of hydrogen-bond acceptors (Lipinski definition) is 7. The number of thioether (sulfide) groups is 1. The summed E-state index contributed by atoms with van der Waals surface area (Å²) in [5.74, 6) is 1.77. The van der Waals surface area contributed by atoms with Crippen LogP contribution in [0.5, 0.6) is 17.2 Å². The molecule has 0 spiro atoms. The van der Waals surface area contributed by atoms with E-state index in [2.05, 4.69) is 4.99 Å². The molecule has 2 fully saturated rings. The third-order valence-corrected chi connectivity index (χ3v) is 8.65. The van der Waals surface area contributed by atoms with E-state index in [1.807, 2.05) is 23.1 Å². The number of ether oxygens (including phenoxy) is 3. The number of amidine groups is 1. The zero-order valence-corrected chi connectivity index (χ0v) is 18.3. The maximum atomic E-state index is 12.7. The summed E-state index contributed by atoms with van der Waals surface area (Å²) in [4.78, 5) is 18.9. The molecule has 0 aliphatic carbocycles. The molecule has 2 atom stereocenters. The number of hydrogen-bond donors (Lipinski definition) is 0. The van der Waals surface area contributed by atoms with Crippen molar-refractivity contribution < 1.29 is 27.4 Å². The third kappa shape index (κ3) is 3.97. The molecule has 31 heavy (non-hydrogen) atoms. The van der Waals surface area contributed by atoms with Crippen molar-refractivity contribution in [2.24, 2.45) is 4.99 Å². The number of methoxy groups -OCH3 is 1. The number of rotatable bonds is 4. The van der Waals surface area contributed by atoms with Gasteiger partial charge in [0, 0.05) is 17.0 Å². The summed E-state index contributed by atoms with van der Waals surface area (Å²) in [6, 6.07) is 12.4. The topological polar surface area (TPSA) is 94.5 Å². The predicted octanol–water partition coefficient (Wildman–Crippen LogP) is 2.27. The summed E-state index contributed by atoms with van der Waals surface area (Å²) in [5.41, 5.74) is 1.56. The lowest BCUT2D eigenvalue weighted by Gasteiger charge is -2.24. The van der Waals surface area contributed by atoms with Crippen LogP contribution in [0.25, 0.3) is 0 Å². The fourth-order valence-corrected chi connectivity index (χ4v) is 7.90. The maximum Gasteiger partial charge on any atom is 0.252 e. The van der Waals surface area contributed by atoms with Gasteiger partial charge in [0.1, 0.15) is 5.75 Å². The first-order chi connectivity index (χ1) is 14.9. The lowest BCUT2D eigenvalue weighted by Crippen LogP contribution is -2.37. The fourth-order valence-electron chi connectivity index (χ4n) is 3.97. The van der Waals surface area contributed by atoms with Crippen LogP contribution in [0.1, 0.15) is 5.56 Å². The average Bonchev–Trinajstić information content (AvgIpc) is 3.39. The van der Waals surface area contributed by atoms with Gasteiger partial charge in [-0.25, -0.2) is 8.42 Å². The monoisotopic (exact) mass is 460 g/mol. The van der Waals surface area contributed by atoms with Crippen LogP contribution in [0.3, 0.4) is 0 Å². The minimum absolute atomic E-state index is 0.0325. The van der Waals surface area contributed by atoms with E-state index < -0.39 is 9.84 Å². The first kappa shape index (κ1) is 20.2. The Morgan fingerprint density at radius 1 is 1.16 bits per heavy atom. The van der Waals surface area contributed by atoms with Crippen LogP contribution in [0.15, 0.2) is 47.5 Å². The molecule has 2 unspecified atom stereocenters. The van der Waals surface area contributed by atoms with Gasteiger partial charge in [-0.05, 0) is 29.8 Å². The number of aliphatic imine (C=N–C) groups is 1. The van der Waals surface area contributed by atoms with Gasteiger partial charge in [0.2, 0.25) is 6.79 Å². The Morgan fingerprint density at radius 2 is 1.94 bits per heavy atom. The van der Waals surface area contributed by atoms with E-state index in [0.29, 0.717) is 16.7 Å². The second-order valence-corrected chi connectivity index (χ2v) is 10.9. The minimum Gasteiger partial charge on any atom is -0.497 e. The number of anilines is 1. The normalized spacial score (nSPS) is 24.4. The molecule has 3 aliphatic heterocycles. The molecule has 5 rings (SSSR count). The molecule has 0 aromatic heterocycles. The van der Waals surface area contributed by atoms with Gasteiger partial charge in [-0.2, -0.15) is 4.99 Å². The largest absolute Gasteiger partial charge is 0.497 e. The SMILES string of the molecule is COc1ccc(CC(=O)N=C2SC3CS(=O)(=O)CC3N2c2ccc3c(c2)OCO3)cc1. The third-order valence-electron chi connectivity index (χ3n) is 5.44. The fraction of sp³-hybridized carbons (Fsp3) is 0.333. The highest BCUT2D eigenvalue weighted by Gasteiger charge is 2.49. The molecule has 3 aliphatic rings. The number of carbonyl (C=O) groups is 1. The smallest absolute Gasteiger partial charge is 0.252 e. The molecule has 10 heteroatoms. The molecule has 1 amide bonds. The Balaban J connectivity index is 1.44. The van der Waals surface area contributed by atoms with E-state index >= 15 is 0 Å². The van der Waals surface area contributed by atoms with Gasteiger partial charge in [-0.15, -0.1) is 0 Å². The Kier molecular flexibility index (Phi) is 5.05. The Morgan fingerprint density at radius 3 is 2.71 bits per heavy atom. The van der Waals surface area contributed by atoms with Crippen LogP contribution in [-0.2, 0) is 21.1 Å². The van der Waals surface area contributed by atoms with Crippen LogP contribution >= 0.6 is 11.8 Å². The number of sulfone groups is 1. The molecule has 2 aromatic carbocycles. The molecule has 2 saturated heterocycles. The van der Waals surface area contributed by atoms with Crippen molar-refractivity contribution in [2.75, 3.05) is 30.3 Å². The van der Waals surface area contributed by atoms with Crippen molar-refractivity contribution in [1.29, 1.82) is 0 Å². The summed E-state index contributed by atoms with van der Waals surface area (Å²) >= 11 is 1.35. The first-order valence-corrected chi connectivity index (χ1v) is 12.4. The highest BCUT2D eigenvalue weighted by molar-refractivity contribution is 8.16. The molecule has 8 nitrogen and oxygen atoms in total. The molecule has 162 valence electrons. The number of amides is 1. The van der Waals surface area contributed by atoms with Gasteiger partial charge in [-0.1, -0.05) is 23.9 Å². The Hall–Kier alpha value is -2.72. The van der Waals surface area contributed by atoms with Gasteiger partial charge in [0.15, 0.2) is 26.5 Å². The highest BCUT2D eigenvalue weighted by atomic mass is 32.2. The number of nitrogens with zero attached hydrogens (tertiary/aromatic N) is 2. The van der Waals surface area contributed by atoms with Crippen LogP contribution in [0, 0.1) is 0 Å². The van der Waals surface area contributed by atoms with Crippen molar-refractivity contribution >= 4 is 38.4 Å². The quantitative estimate of drug-likeness (QED) is 0.686. The van der Waals surface area contributed by atoms with Gasteiger partial charge >= 0.3 is 0 Å². The second kappa shape index (κ2) is 7.76. The zero-order chi connectivity index (χ0) is 21.6.